The van der Waals surface area contributed by atoms with Gasteiger partial charge in [0.15, 0.2) is 11.4 Å². The van der Waals surface area contributed by atoms with Gasteiger partial charge in [0, 0.05) is 0 Å². The molecule has 1 aromatic carbocycles. The predicted molar refractivity (Wildman–Crippen MR) is 76.4 cm³/mol. The molecule has 2 aromatic heterocycles. The molecule has 0 fully saturated rings. The van der Waals surface area contributed by atoms with Crippen LogP contribution in [0.25, 0.3) is 11.0 Å². The van der Waals surface area contributed by atoms with Crippen LogP contribution in [0.2, 0.25) is 0 Å². The van der Waals surface area contributed by atoms with Gasteiger partial charge in [-0.25, -0.2) is 4.79 Å². The fourth-order valence-corrected chi connectivity index (χ4v) is 2.45. The first-order valence-corrected chi connectivity index (χ1v) is 6.64. The normalized spacial score (nSPS) is 10.6. The quantitative estimate of drug-likeness (QED) is 0.710. The first-order chi connectivity index (χ1) is 9.66. The fraction of sp³-hybridized carbons (Fsp3) is 0. The van der Waals surface area contributed by atoms with E-state index < -0.39 is 11.5 Å². The summed E-state index contributed by atoms with van der Waals surface area (Å²) in [4.78, 5) is 24.2. The summed E-state index contributed by atoms with van der Waals surface area (Å²) in [6.07, 6.45) is 0. The molecule has 0 saturated carbocycles. The van der Waals surface area contributed by atoms with Gasteiger partial charge >= 0.3 is 5.63 Å². The highest BCUT2D eigenvalue weighted by molar-refractivity contribution is 7.12. The number of amides is 1. The van der Waals surface area contributed by atoms with Gasteiger partial charge in [0.05, 0.1) is 10.3 Å². The number of hydrogen-bond acceptors (Lipinski definition) is 5. The van der Waals surface area contributed by atoms with E-state index in [4.69, 9.17) is 4.42 Å². The van der Waals surface area contributed by atoms with Crippen molar-refractivity contribution in [1.29, 1.82) is 0 Å². The van der Waals surface area contributed by atoms with E-state index in [2.05, 4.69) is 5.32 Å². The van der Waals surface area contributed by atoms with Crippen LogP contribution in [0.1, 0.15) is 9.67 Å². The number of thiophene rings is 1. The molecule has 0 saturated heterocycles. The number of anilines is 1. The molecule has 0 aliphatic rings. The van der Waals surface area contributed by atoms with Gasteiger partial charge in [-0.1, -0.05) is 18.2 Å². The third-order valence-electron chi connectivity index (χ3n) is 2.77. The Morgan fingerprint density at radius 1 is 1.20 bits per heavy atom. The number of nitrogens with one attached hydrogen (secondary N) is 1. The molecule has 20 heavy (non-hydrogen) atoms. The average Bonchev–Trinajstić information content (AvgIpc) is 2.97. The van der Waals surface area contributed by atoms with Gasteiger partial charge in [-0.2, -0.15) is 0 Å². The number of carbonyl (C=O) groups is 1. The molecular weight excluding hydrogens is 278 g/mol. The predicted octanol–water partition coefficient (Wildman–Crippen LogP) is 2.81. The Labute approximate surface area is 117 Å². The first-order valence-electron chi connectivity index (χ1n) is 5.76. The van der Waals surface area contributed by atoms with Gasteiger partial charge in [-0.3, -0.25) is 4.79 Å². The van der Waals surface area contributed by atoms with Gasteiger partial charge in [0.1, 0.15) is 5.58 Å². The molecule has 100 valence electrons. The molecule has 0 bridgehead atoms. The van der Waals surface area contributed by atoms with Crippen molar-refractivity contribution in [2.45, 2.75) is 0 Å². The maximum absolute atomic E-state index is 11.9. The molecular formula is C14H9NO4S. The monoisotopic (exact) mass is 287 g/mol. The summed E-state index contributed by atoms with van der Waals surface area (Å²) in [5.41, 5.74) is -0.766. The topological polar surface area (TPSA) is 79.5 Å². The van der Waals surface area contributed by atoms with Crippen LogP contribution in [0, 0.1) is 0 Å². The second kappa shape index (κ2) is 4.82. The number of hydrogen-bond donors (Lipinski definition) is 2. The molecule has 5 nitrogen and oxygen atoms in total. The molecule has 0 aliphatic heterocycles. The summed E-state index contributed by atoms with van der Waals surface area (Å²) in [6.45, 7) is 0. The lowest BCUT2D eigenvalue weighted by molar-refractivity contribution is 0.102. The van der Waals surface area contributed by atoms with E-state index in [1.54, 1.807) is 41.8 Å². The third kappa shape index (κ3) is 2.06. The highest BCUT2D eigenvalue weighted by Gasteiger charge is 2.17. The zero-order chi connectivity index (χ0) is 14.1. The lowest BCUT2D eigenvalue weighted by atomic mass is 10.2. The van der Waals surface area contributed by atoms with Crippen molar-refractivity contribution in [3.05, 3.63) is 57.1 Å². The Morgan fingerprint density at radius 2 is 2.00 bits per heavy atom. The van der Waals surface area contributed by atoms with Crippen molar-refractivity contribution in [3.63, 3.8) is 0 Å². The average molecular weight is 287 g/mol. The standard InChI is InChI=1S/C14H9NO4S/c16-12-8-4-1-2-5-9(8)19-14(18)11(12)15-13(17)10-6-3-7-20-10/h1-7,16H,(H,15,17). The Hall–Kier alpha value is -2.60. The maximum atomic E-state index is 11.9. The Morgan fingerprint density at radius 3 is 2.75 bits per heavy atom. The zero-order valence-corrected chi connectivity index (χ0v) is 10.9. The van der Waals surface area contributed by atoms with Crippen molar-refractivity contribution in [1.82, 2.24) is 0 Å². The summed E-state index contributed by atoms with van der Waals surface area (Å²) >= 11 is 1.24. The van der Waals surface area contributed by atoms with Crippen LogP contribution in [0.3, 0.4) is 0 Å². The van der Waals surface area contributed by atoms with Crippen molar-refractivity contribution < 1.29 is 14.3 Å². The van der Waals surface area contributed by atoms with Crippen LogP contribution < -0.4 is 10.9 Å². The smallest absolute Gasteiger partial charge is 0.364 e. The summed E-state index contributed by atoms with van der Waals surface area (Å²) < 4.78 is 5.06. The molecule has 0 atom stereocenters. The lowest BCUT2D eigenvalue weighted by Crippen LogP contribution is -2.17. The second-order valence-electron chi connectivity index (χ2n) is 4.04. The summed E-state index contributed by atoms with van der Waals surface area (Å²) in [5, 5.41) is 14.6. The molecule has 3 rings (SSSR count). The maximum Gasteiger partial charge on any atom is 0.364 e. The first kappa shape index (κ1) is 12.4. The molecule has 3 aromatic rings. The summed E-state index contributed by atoms with van der Waals surface area (Å²) in [6, 6.07) is 9.92. The van der Waals surface area contributed by atoms with Crippen LogP contribution in [-0.4, -0.2) is 11.0 Å². The van der Waals surface area contributed by atoms with E-state index in [1.165, 1.54) is 11.3 Å². The highest BCUT2D eigenvalue weighted by atomic mass is 32.1. The fourth-order valence-electron chi connectivity index (χ4n) is 1.83. The van der Waals surface area contributed by atoms with Gasteiger partial charge in [0.25, 0.3) is 5.91 Å². The molecule has 0 spiro atoms. The number of para-hydroxylation sites is 1. The summed E-state index contributed by atoms with van der Waals surface area (Å²) in [5.74, 6) is -0.750. The lowest BCUT2D eigenvalue weighted by Gasteiger charge is -2.06. The van der Waals surface area contributed by atoms with Crippen LogP contribution in [0.5, 0.6) is 5.75 Å². The van der Waals surface area contributed by atoms with Gasteiger partial charge in [-0.15, -0.1) is 11.3 Å². The number of rotatable bonds is 2. The number of carbonyl (C=O) groups excluding carboxylic acids is 1. The van der Waals surface area contributed by atoms with Gasteiger partial charge < -0.3 is 14.8 Å². The molecule has 2 heterocycles. The highest BCUT2D eigenvalue weighted by Crippen LogP contribution is 2.29. The number of fused-ring (bicyclic) bond motifs is 1. The minimum absolute atomic E-state index is 0.248. The third-order valence-corrected chi connectivity index (χ3v) is 3.64. The largest absolute Gasteiger partial charge is 0.505 e. The number of benzene rings is 1. The van der Waals surface area contributed by atoms with Crippen molar-refractivity contribution in [2.24, 2.45) is 0 Å². The Kier molecular flexibility index (Phi) is 3.00. The molecule has 6 heteroatoms. The van der Waals surface area contributed by atoms with Gasteiger partial charge in [0.2, 0.25) is 0 Å². The molecule has 0 radical (unpaired) electrons. The van der Waals surface area contributed by atoms with Gasteiger partial charge in [-0.05, 0) is 23.6 Å². The second-order valence-corrected chi connectivity index (χ2v) is 4.99. The zero-order valence-electron chi connectivity index (χ0n) is 10.1. The number of aromatic hydroxyl groups is 1. The molecule has 1 amide bonds. The minimum Gasteiger partial charge on any atom is -0.505 e. The SMILES string of the molecule is O=C(Nc1c(O)c2ccccc2oc1=O)c1cccs1. The van der Waals surface area contributed by atoms with Crippen LogP contribution in [0.15, 0.2) is 51.0 Å². The van der Waals surface area contributed by atoms with Crippen molar-refractivity contribution >= 4 is 33.9 Å². The van der Waals surface area contributed by atoms with Crippen LogP contribution in [0.4, 0.5) is 5.69 Å². The Bertz CT molecular complexity index is 836. The molecule has 0 unspecified atom stereocenters. The van der Waals surface area contributed by atoms with E-state index in [0.717, 1.165) is 0 Å². The molecule has 2 N–H and O–H groups in total. The van der Waals surface area contributed by atoms with E-state index in [-0.39, 0.29) is 17.0 Å². The van der Waals surface area contributed by atoms with Crippen molar-refractivity contribution in [2.75, 3.05) is 5.32 Å². The minimum atomic E-state index is -0.786. The molecule has 0 aliphatic carbocycles. The van der Waals surface area contributed by atoms with Crippen LogP contribution >= 0.6 is 11.3 Å². The van der Waals surface area contributed by atoms with E-state index >= 15 is 0 Å². The van der Waals surface area contributed by atoms with E-state index in [1.807, 2.05) is 0 Å². The Balaban J connectivity index is 2.08. The van der Waals surface area contributed by atoms with Crippen LogP contribution in [-0.2, 0) is 0 Å². The summed E-state index contributed by atoms with van der Waals surface area (Å²) in [7, 11) is 0. The van der Waals surface area contributed by atoms with Crippen molar-refractivity contribution in [3.8, 4) is 5.75 Å². The van der Waals surface area contributed by atoms with E-state index in [9.17, 15) is 14.7 Å². The van der Waals surface area contributed by atoms with E-state index in [0.29, 0.717) is 10.3 Å².